The number of amides is 1. The van der Waals surface area contributed by atoms with E-state index in [4.69, 9.17) is 0 Å². The Hall–Kier alpha value is -1.65. The van der Waals surface area contributed by atoms with E-state index in [0.717, 1.165) is 26.6 Å². The molecule has 0 spiro atoms. The van der Waals surface area contributed by atoms with E-state index >= 15 is 0 Å². The topological polar surface area (TPSA) is 29.1 Å². The number of allylic oxidation sites excluding steroid dienone is 3. The van der Waals surface area contributed by atoms with Crippen molar-refractivity contribution in [3.8, 4) is 0 Å². The summed E-state index contributed by atoms with van der Waals surface area (Å²) in [4.78, 5) is 11.9. The van der Waals surface area contributed by atoms with E-state index in [9.17, 15) is 4.79 Å². The lowest BCUT2D eigenvalue weighted by Crippen LogP contribution is -2.08. The molecule has 0 saturated heterocycles. The summed E-state index contributed by atoms with van der Waals surface area (Å²) >= 11 is 7.05. The van der Waals surface area contributed by atoms with Crippen LogP contribution in [0.4, 0.5) is 5.69 Å². The van der Waals surface area contributed by atoms with Gasteiger partial charge in [-0.25, -0.2) is 0 Å². The van der Waals surface area contributed by atoms with Crippen molar-refractivity contribution in [1.82, 2.24) is 0 Å². The van der Waals surface area contributed by atoms with Crippen LogP contribution in [-0.4, -0.2) is 5.91 Å². The highest BCUT2D eigenvalue weighted by molar-refractivity contribution is 9.13. The van der Waals surface area contributed by atoms with Gasteiger partial charge in [0.2, 0.25) is 5.91 Å². The number of halogens is 2. The maximum atomic E-state index is 11.9. The van der Waals surface area contributed by atoms with Gasteiger partial charge in [0.15, 0.2) is 0 Å². The third-order valence-electron chi connectivity index (χ3n) is 4.33. The zero-order valence-electron chi connectivity index (χ0n) is 13.9. The highest BCUT2D eigenvalue weighted by Crippen LogP contribution is 2.49. The standard InChI is InChI=1S/C21H19Br2NO/c1-14-6-2-4-8-20(14)24-21(25)9-5-3-7-15-12-17(15)16-10-11-18(22)19(23)13-16/h2-11,13,15,17H,12H2,1H3,(H,24,25)/b7-3+,9-5+. The smallest absolute Gasteiger partial charge is 0.248 e. The van der Waals surface area contributed by atoms with Crippen LogP contribution < -0.4 is 5.32 Å². The van der Waals surface area contributed by atoms with Crippen LogP contribution in [0.25, 0.3) is 0 Å². The van der Waals surface area contributed by atoms with Crippen molar-refractivity contribution in [3.05, 3.63) is 86.8 Å². The second kappa shape index (κ2) is 8.15. The molecular weight excluding hydrogens is 442 g/mol. The van der Waals surface area contributed by atoms with Crippen molar-refractivity contribution in [2.45, 2.75) is 19.3 Å². The van der Waals surface area contributed by atoms with Gasteiger partial charge in [-0.2, -0.15) is 0 Å². The molecule has 25 heavy (non-hydrogen) atoms. The minimum Gasteiger partial charge on any atom is -0.322 e. The van der Waals surface area contributed by atoms with E-state index in [-0.39, 0.29) is 5.91 Å². The summed E-state index contributed by atoms with van der Waals surface area (Å²) in [5, 5.41) is 2.89. The van der Waals surface area contributed by atoms with E-state index in [1.807, 2.05) is 37.3 Å². The number of aryl methyl sites for hydroxylation is 1. The maximum Gasteiger partial charge on any atom is 0.248 e. The first-order valence-corrected chi connectivity index (χ1v) is 9.79. The third-order valence-corrected chi connectivity index (χ3v) is 6.21. The Morgan fingerprint density at radius 3 is 2.68 bits per heavy atom. The van der Waals surface area contributed by atoms with Crippen molar-refractivity contribution in [3.63, 3.8) is 0 Å². The normalized spacial score (nSPS) is 19.5. The Morgan fingerprint density at radius 2 is 1.92 bits per heavy atom. The molecule has 0 heterocycles. The average molecular weight is 461 g/mol. The van der Waals surface area contributed by atoms with E-state index in [0.29, 0.717) is 11.8 Å². The van der Waals surface area contributed by atoms with Gasteiger partial charge in [0.1, 0.15) is 0 Å². The minimum atomic E-state index is -0.108. The van der Waals surface area contributed by atoms with Crippen LogP contribution in [0, 0.1) is 12.8 Å². The molecule has 1 aliphatic carbocycles. The van der Waals surface area contributed by atoms with Crippen LogP contribution in [0.1, 0.15) is 23.5 Å². The van der Waals surface area contributed by atoms with Gasteiger partial charge in [-0.1, -0.05) is 42.5 Å². The molecule has 0 aliphatic heterocycles. The van der Waals surface area contributed by atoms with Crippen molar-refractivity contribution in [2.24, 2.45) is 5.92 Å². The van der Waals surface area contributed by atoms with Crippen LogP contribution in [-0.2, 0) is 4.79 Å². The number of carbonyl (C=O) groups excluding carboxylic acids is 1. The largest absolute Gasteiger partial charge is 0.322 e. The fraction of sp³-hybridized carbons (Fsp3) is 0.190. The van der Waals surface area contributed by atoms with E-state index in [1.165, 1.54) is 5.56 Å². The summed E-state index contributed by atoms with van der Waals surface area (Å²) in [6.45, 7) is 1.98. The molecule has 0 radical (unpaired) electrons. The van der Waals surface area contributed by atoms with Crippen LogP contribution in [0.3, 0.4) is 0 Å². The SMILES string of the molecule is Cc1ccccc1NC(=O)/C=C/C=C/C1CC1c1ccc(Br)c(Br)c1. The Morgan fingerprint density at radius 1 is 1.12 bits per heavy atom. The fourth-order valence-electron chi connectivity index (χ4n) is 2.79. The van der Waals surface area contributed by atoms with Crippen molar-refractivity contribution >= 4 is 43.5 Å². The first-order valence-electron chi connectivity index (χ1n) is 8.21. The molecule has 1 amide bonds. The first-order chi connectivity index (χ1) is 12.0. The number of nitrogens with one attached hydrogen (secondary N) is 1. The Labute approximate surface area is 165 Å². The second-order valence-electron chi connectivity index (χ2n) is 6.23. The summed E-state index contributed by atoms with van der Waals surface area (Å²) in [5.74, 6) is 1.02. The molecule has 3 rings (SSSR count). The summed E-state index contributed by atoms with van der Waals surface area (Å²) in [5.41, 5.74) is 3.26. The number of rotatable bonds is 5. The molecule has 4 heteroatoms. The molecule has 128 valence electrons. The third kappa shape index (κ3) is 4.93. The molecule has 1 aliphatic rings. The first kappa shape index (κ1) is 18.2. The molecule has 1 fully saturated rings. The fourth-order valence-corrected chi connectivity index (χ4v) is 3.43. The summed E-state index contributed by atoms with van der Waals surface area (Å²) in [6.07, 6.45) is 8.68. The zero-order chi connectivity index (χ0) is 17.8. The van der Waals surface area contributed by atoms with Gasteiger partial charge in [-0.15, -0.1) is 0 Å². The van der Waals surface area contributed by atoms with Gasteiger partial charge in [0.25, 0.3) is 0 Å². The molecule has 2 nitrogen and oxygen atoms in total. The van der Waals surface area contributed by atoms with Crippen LogP contribution in [0.2, 0.25) is 0 Å². The number of carbonyl (C=O) groups is 1. The molecular formula is C21H19Br2NO. The maximum absolute atomic E-state index is 11.9. The minimum absolute atomic E-state index is 0.108. The Balaban J connectivity index is 1.50. The van der Waals surface area contributed by atoms with Crippen LogP contribution in [0.5, 0.6) is 0 Å². The van der Waals surface area contributed by atoms with Gasteiger partial charge in [-0.05, 0) is 86.4 Å². The van der Waals surface area contributed by atoms with Gasteiger partial charge in [0.05, 0.1) is 0 Å². The van der Waals surface area contributed by atoms with Crippen LogP contribution in [0.15, 0.2) is 75.7 Å². The average Bonchev–Trinajstić information content (AvgIpc) is 3.36. The van der Waals surface area contributed by atoms with Gasteiger partial charge < -0.3 is 5.32 Å². The molecule has 2 aromatic carbocycles. The summed E-state index contributed by atoms with van der Waals surface area (Å²) < 4.78 is 2.17. The van der Waals surface area contributed by atoms with Crippen molar-refractivity contribution < 1.29 is 4.79 Å². The Kier molecular flexibility index (Phi) is 5.92. The zero-order valence-corrected chi connectivity index (χ0v) is 17.0. The van der Waals surface area contributed by atoms with Crippen molar-refractivity contribution in [1.29, 1.82) is 0 Å². The lowest BCUT2D eigenvalue weighted by molar-refractivity contribution is -0.111. The number of hydrogen-bond donors (Lipinski definition) is 1. The van der Waals surface area contributed by atoms with E-state index < -0.39 is 0 Å². The van der Waals surface area contributed by atoms with Crippen LogP contribution >= 0.6 is 31.9 Å². The number of hydrogen-bond acceptors (Lipinski definition) is 1. The number of para-hydroxylation sites is 1. The molecule has 2 atom stereocenters. The quantitative estimate of drug-likeness (QED) is 0.407. The summed E-state index contributed by atoms with van der Waals surface area (Å²) in [7, 11) is 0. The van der Waals surface area contributed by atoms with E-state index in [1.54, 1.807) is 12.2 Å². The summed E-state index contributed by atoms with van der Waals surface area (Å²) in [6, 6.07) is 14.2. The Bertz CT molecular complexity index is 842. The second-order valence-corrected chi connectivity index (χ2v) is 7.94. The predicted molar refractivity (Wildman–Crippen MR) is 111 cm³/mol. The van der Waals surface area contributed by atoms with Gasteiger partial charge >= 0.3 is 0 Å². The number of benzene rings is 2. The lowest BCUT2D eigenvalue weighted by atomic mass is 10.1. The number of anilines is 1. The molecule has 0 bridgehead atoms. The van der Waals surface area contributed by atoms with E-state index in [2.05, 4.69) is 61.5 Å². The molecule has 1 N–H and O–H groups in total. The van der Waals surface area contributed by atoms with Crippen molar-refractivity contribution in [2.75, 3.05) is 5.32 Å². The lowest BCUT2D eigenvalue weighted by Gasteiger charge is -2.04. The predicted octanol–water partition coefficient (Wildman–Crippen LogP) is 6.37. The highest BCUT2D eigenvalue weighted by Gasteiger charge is 2.35. The van der Waals surface area contributed by atoms with Gasteiger partial charge in [-0.3, -0.25) is 4.79 Å². The molecule has 2 unspecified atom stereocenters. The molecule has 0 aromatic heterocycles. The monoisotopic (exact) mass is 459 g/mol. The highest BCUT2D eigenvalue weighted by atomic mass is 79.9. The molecule has 2 aromatic rings. The molecule has 1 saturated carbocycles. The van der Waals surface area contributed by atoms with Gasteiger partial charge in [0, 0.05) is 20.7 Å².